The van der Waals surface area contributed by atoms with Crippen molar-refractivity contribution < 1.29 is 0 Å². The first-order chi connectivity index (χ1) is 7.29. The third-order valence-corrected chi connectivity index (χ3v) is 3.52. The van der Waals surface area contributed by atoms with Gasteiger partial charge in [0.25, 0.3) is 0 Å². The standard InChI is InChI=1S/C13H16N2/c1-9-3-2-4-13-12(9)6-11-5-10(7-14)8-15(11)13/h2-4,6,10H,5,7-8,14H2,1H3. The molecule has 3 rings (SSSR count). The molecule has 0 saturated carbocycles. The molecule has 78 valence electrons. The highest BCUT2D eigenvalue weighted by Crippen LogP contribution is 2.30. The normalized spacial score (nSPS) is 19.7. The fourth-order valence-electron chi connectivity index (χ4n) is 2.65. The van der Waals surface area contributed by atoms with Crippen molar-refractivity contribution in [1.29, 1.82) is 0 Å². The molecule has 2 nitrogen and oxygen atoms in total. The maximum absolute atomic E-state index is 5.73. The molecule has 2 aromatic rings. The molecule has 0 saturated heterocycles. The molecule has 0 aliphatic carbocycles. The van der Waals surface area contributed by atoms with E-state index in [0.29, 0.717) is 5.92 Å². The van der Waals surface area contributed by atoms with Crippen LogP contribution in [0.3, 0.4) is 0 Å². The van der Waals surface area contributed by atoms with E-state index in [2.05, 4.69) is 35.8 Å². The lowest BCUT2D eigenvalue weighted by molar-refractivity contribution is 0.530. The number of benzene rings is 1. The van der Waals surface area contributed by atoms with Gasteiger partial charge < -0.3 is 10.3 Å². The average Bonchev–Trinajstić information content (AvgIpc) is 2.76. The van der Waals surface area contributed by atoms with Crippen LogP contribution in [0, 0.1) is 12.8 Å². The Labute approximate surface area is 89.7 Å². The molecule has 2 heterocycles. The van der Waals surface area contributed by atoms with E-state index in [9.17, 15) is 0 Å². The molecule has 1 aromatic heterocycles. The first-order valence-corrected chi connectivity index (χ1v) is 5.57. The predicted octanol–water partition coefficient (Wildman–Crippen LogP) is 2.08. The number of hydrogen-bond acceptors (Lipinski definition) is 1. The van der Waals surface area contributed by atoms with Gasteiger partial charge >= 0.3 is 0 Å². The van der Waals surface area contributed by atoms with E-state index in [1.54, 1.807) is 0 Å². The summed E-state index contributed by atoms with van der Waals surface area (Å²) in [5, 5.41) is 1.41. The van der Waals surface area contributed by atoms with E-state index >= 15 is 0 Å². The van der Waals surface area contributed by atoms with Crippen molar-refractivity contribution in [3.8, 4) is 0 Å². The van der Waals surface area contributed by atoms with Crippen molar-refractivity contribution in [2.45, 2.75) is 19.9 Å². The average molecular weight is 200 g/mol. The number of aryl methyl sites for hydroxylation is 1. The van der Waals surface area contributed by atoms with Gasteiger partial charge in [0.05, 0.1) is 0 Å². The van der Waals surface area contributed by atoms with Gasteiger partial charge in [0, 0.05) is 23.1 Å². The van der Waals surface area contributed by atoms with Crippen molar-refractivity contribution in [3.05, 3.63) is 35.5 Å². The zero-order chi connectivity index (χ0) is 10.4. The second-order valence-corrected chi connectivity index (χ2v) is 4.56. The van der Waals surface area contributed by atoms with Crippen LogP contribution in [0.25, 0.3) is 10.9 Å². The molecule has 0 spiro atoms. The van der Waals surface area contributed by atoms with Crippen LogP contribution in [0.1, 0.15) is 11.3 Å². The van der Waals surface area contributed by atoms with Crippen LogP contribution in [0.15, 0.2) is 24.3 Å². The summed E-state index contributed by atoms with van der Waals surface area (Å²) in [4.78, 5) is 0. The Morgan fingerprint density at radius 1 is 1.47 bits per heavy atom. The van der Waals surface area contributed by atoms with E-state index < -0.39 is 0 Å². The van der Waals surface area contributed by atoms with E-state index in [-0.39, 0.29) is 0 Å². The predicted molar refractivity (Wildman–Crippen MR) is 62.9 cm³/mol. The maximum Gasteiger partial charge on any atom is 0.0485 e. The summed E-state index contributed by atoms with van der Waals surface area (Å²) in [5.41, 5.74) is 9.94. The lowest BCUT2D eigenvalue weighted by Gasteiger charge is -2.06. The van der Waals surface area contributed by atoms with Crippen LogP contribution in [0.4, 0.5) is 0 Å². The second-order valence-electron chi connectivity index (χ2n) is 4.56. The number of nitrogens with two attached hydrogens (primary N) is 1. The van der Waals surface area contributed by atoms with Crippen molar-refractivity contribution in [1.82, 2.24) is 4.57 Å². The Kier molecular flexibility index (Phi) is 1.86. The highest BCUT2D eigenvalue weighted by Gasteiger charge is 2.22. The fraction of sp³-hybridized carbons (Fsp3) is 0.385. The molecule has 0 radical (unpaired) electrons. The van der Waals surface area contributed by atoms with E-state index in [1.807, 2.05) is 0 Å². The van der Waals surface area contributed by atoms with Gasteiger partial charge in [-0.15, -0.1) is 0 Å². The first kappa shape index (κ1) is 8.98. The maximum atomic E-state index is 5.73. The lowest BCUT2D eigenvalue weighted by atomic mass is 10.1. The molecule has 2 N–H and O–H groups in total. The van der Waals surface area contributed by atoms with E-state index in [0.717, 1.165) is 19.5 Å². The van der Waals surface area contributed by atoms with Crippen LogP contribution in [0.5, 0.6) is 0 Å². The minimum absolute atomic E-state index is 0.643. The smallest absolute Gasteiger partial charge is 0.0485 e. The summed E-state index contributed by atoms with van der Waals surface area (Å²) in [5.74, 6) is 0.643. The lowest BCUT2D eigenvalue weighted by Crippen LogP contribution is -2.15. The summed E-state index contributed by atoms with van der Waals surface area (Å²) in [6.45, 7) is 4.08. The molecule has 15 heavy (non-hydrogen) atoms. The molecule has 1 atom stereocenters. The Morgan fingerprint density at radius 2 is 2.33 bits per heavy atom. The Hall–Kier alpha value is -1.28. The van der Waals surface area contributed by atoms with Crippen molar-refractivity contribution in [2.75, 3.05) is 6.54 Å². The van der Waals surface area contributed by atoms with E-state index in [1.165, 1.54) is 22.2 Å². The number of aromatic nitrogens is 1. The minimum Gasteiger partial charge on any atom is -0.344 e. The van der Waals surface area contributed by atoms with Gasteiger partial charge in [-0.3, -0.25) is 0 Å². The third kappa shape index (κ3) is 1.21. The van der Waals surface area contributed by atoms with Crippen LogP contribution >= 0.6 is 0 Å². The van der Waals surface area contributed by atoms with Crippen molar-refractivity contribution in [2.24, 2.45) is 11.7 Å². The largest absolute Gasteiger partial charge is 0.344 e. The van der Waals surface area contributed by atoms with Gasteiger partial charge in [-0.2, -0.15) is 0 Å². The molecule has 1 aliphatic rings. The number of rotatable bonds is 1. The third-order valence-electron chi connectivity index (χ3n) is 3.52. The van der Waals surface area contributed by atoms with Crippen molar-refractivity contribution >= 4 is 10.9 Å². The molecule has 0 amide bonds. The molecule has 1 aromatic carbocycles. The second kappa shape index (κ2) is 3.11. The highest BCUT2D eigenvalue weighted by atomic mass is 15.0. The minimum atomic E-state index is 0.643. The Bertz CT molecular complexity index is 510. The van der Waals surface area contributed by atoms with Gasteiger partial charge in [0.1, 0.15) is 0 Å². The molecule has 0 fully saturated rings. The summed E-state index contributed by atoms with van der Waals surface area (Å²) in [6.07, 6.45) is 1.14. The Balaban J connectivity index is 2.19. The van der Waals surface area contributed by atoms with Gasteiger partial charge in [0.2, 0.25) is 0 Å². The van der Waals surface area contributed by atoms with Crippen LogP contribution in [-0.2, 0) is 13.0 Å². The molecule has 2 heteroatoms. The monoisotopic (exact) mass is 200 g/mol. The van der Waals surface area contributed by atoms with Crippen LogP contribution in [-0.4, -0.2) is 11.1 Å². The highest BCUT2D eigenvalue weighted by molar-refractivity contribution is 5.84. The van der Waals surface area contributed by atoms with Crippen LogP contribution < -0.4 is 5.73 Å². The van der Waals surface area contributed by atoms with E-state index in [4.69, 9.17) is 5.73 Å². The molecule has 1 unspecified atom stereocenters. The zero-order valence-corrected chi connectivity index (χ0v) is 9.03. The first-order valence-electron chi connectivity index (χ1n) is 5.57. The number of fused-ring (bicyclic) bond motifs is 3. The number of nitrogens with zero attached hydrogens (tertiary/aromatic N) is 1. The van der Waals surface area contributed by atoms with Crippen LogP contribution in [0.2, 0.25) is 0 Å². The van der Waals surface area contributed by atoms with Gasteiger partial charge in [-0.25, -0.2) is 0 Å². The molecular weight excluding hydrogens is 184 g/mol. The van der Waals surface area contributed by atoms with Gasteiger partial charge in [0.15, 0.2) is 0 Å². The summed E-state index contributed by atoms with van der Waals surface area (Å²) < 4.78 is 2.43. The SMILES string of the molecule is Cc1cccc2c1cc1n2CC(CN)C1. The number of hydrogen-bond donors (Lipinski definition) is 1. The van der Waals surface area contributed by atoms with Gasteiger partial charge in [-0.1, -0.05) is 12.1 Å². The van der Waals surface area contributed by atoms with Crippen molar-refractivity contribution in [3.63, 3.8) is 0 Å². The summed E-state index contributed by atoms with van der Waals surface area (Å²) in [7, 11) is 0. The zero-order valence-electron chi connectivity index (χ0n) is 9.03. The summed E-state index contributed by atoms with van der Waals surface area (Å²) >= 11 is 0. The summed E-state index contributed by atoms with van der Waals surface area (Å²) in [6, 6.07) is 8.87. The quantitative estimate of drug-likeness (QED) is 0.750. The fourth-order valence-corrected chi connectivity index (χ4v) is 2.65. The Morgan fingerprint density at radius 3 is 3.13 bits per heavy atom. The van der Waals surface area contributed by atoms with Gasteiger partial charge in [-0.05, 0) is 43.5 Å². The topological polar surface area (TPSA) is 30.9 Å². The molecule has 0 bridgehead atoms. The molecule has 1 aliphatic heterocycles. The molecular formula is C13H16N2.